The van der Waals surface area contributed by atoms with Crippen LogP contribution < -0.4 is 11.1 Å². The maximum Gasteiger partial charge on any atom is 0.338 e. The first-order valence-electron chi connectivity index (χ1n) is 9.17. The molecule has 0 aliphatic carbocycles. The average molecular weight is 398 g/mol. The number of carbonyl (C=O) groups is 1. The molecule has 0 amide bonds. The minimum Gasteiger partial charge on any atom is -0.454 e. The van der Waals surface area contributed by atoms with Crippen molar-refractivity contribution in [1.82, 2.24) is 19.9 Å². The highest BCUT2D eigenvalue weighted by molar-refractivity contribution is 5.91. The molecule has 0 unspecified atom stereocenters. The van der Waals surface area contributed by atoms with E-state index in [2.05, 4.69) is 25.3 Å². The van der Waals surface area contributed by atoms with Gasteiger partial charge in [0.15, 0.2) is 12.4 Å². The molecule has 8 heteroatoms. The summed E-state index contributed by atoms with van der Waals surface area (Å²) in [4.78, 5) is 28.9. The van der Waals surface area contributed by atoms with Crippen LogP contribution in [0.5, 0.6) is 0 Å². The Balaban J connectivity index is 1.45. The standard InChI is InChI=1S/C22H18N6O2/c23-21-26-19(27-22(28-21)25-18-7-2-1-3-8-18)14-30-20(29)17-6-4-5-16(13-17)15-9-11-24-12-10-15/h1-13H,14H2,(H3,23,25,26,27,28). The van der Waals surface area contributed by atoms with Gasteiger partial charge in [-0.05, 0) is 47.5 Å². The second kappa shape index (κ2) is 8.78. The van der Waals surface area contributed by atoms with Crippen molar-refractivity contribution >= 4 is 23.6 Å². The number of esters is 1. The summed E-state index contributed by atoms with van der Waals surface area (Å²) < 4.78 is 5.38. The summed E-state index contributed by atoms with van der Waals surface area (Å²) in [5, 5.41) is 3.04. The molecule has 0 spiro atoms. The van der Waals surface area contributed by atoms with E-state index >= 15 is 0 Å². The molecule has 8 nitrogen and oxygen atoms in total. The molecular weight excluding hydrogens is 380 g/mol. The zero-order valence-electron chi connectivity index (χ0n) is 15.9. The first-order chi connectivity index (χ1) is 14.7. The Labute approximate surface area is 172 Å². The Morgan fingerprint density at radius 1 is 0.900 bits per heavy atom. The number of hydrogen-bond donors (Lipinski definition) is 2. The minimum absolute atomic E-state index is 0.0363. The molecular formula is C22H18N6O2. The summed E-state index contributed by atoms with van der Waals surface area (Å²) in [6.45, 7) is -0.130. The first kappa shape index (κ1) is 19.0. The van der Waals surface area contributed by atoms with Crippen LogP contribution in [0.2, 0.25) is 0 Å². The molecule has 0 aliphatic heterocycles. The minimum atomic E-state index is -0.484. The van der Waals surface area contributed by atoms with E-state index in [1.54, 1.807) is 30.6 Å². The van der Waals surface area contributed by atoms with Crippen LogP contribution in [0.25, 0.3) is 11.1 Å². The molecule has 2 heterocycles. The van der Waals surface area contributed by atoms with E-state index in [4.69, 9.17) is 10.5 Å². The average Bonchev–Trinajstić information content (AvgIpc) is 2.78. The second-order valence-electron chi connectivity index (χ2n) is 6.32. The van der Waals surface area contributed by atoms with Crippen LogP contribution in [0.4, 0.5) is 17.6 Å². The molecule has 0 radical (unpaired) electrons. The largest absolute Gasteiger partial charge is 0.454 e. The lowest BCUT2D eigenvalue weighted by molar-refractivity contribution is 0.0462. The third-order valence-electron chi connectivity index (χ3n) is 4.17. The van der Waals surface area contributed by atoms with Gasteiger partial charge in [0.05, 0.1) is 5.56 Å². The smallest absolute Gasteiger partial charge is 0.338 e. The Kier molecular flexibility index (Phi) is 5.56. The maximum absolute atomic E-state index is 12.5. The van der Waals surface area contributed by atoms with Gasteiger partial charge in [-0.2, -0.15) is 15.0 Å². The van der Waals surface area contributed by atoms with Gasteiger partial charge in [0.25, 0.3) is 0 Å². The highest BCUT2D eigenvalue weighted by Crippen LogP contribution is 2.20. The lowest BCUT2D eigenvalue weighted by Crippen LogP contribution is -2.11. The SMILES string of the molecule is Nc1nc(COC(=O)c2cccc(-c3ccncc3)c2)nc(Nc2ccccc2)n1. The number of benzene rings is 2. The zero-order chi connectivity index (χ0) is 20.8. The molecule has 2 aromatic heterocycles. The Morgan fingerprint density at radius 3 is 2.50 bits per heavy atom. The van der Waals surface area contributed by atoms with Crippen LogP contribution in [-0.4, -0.2) is 25.9 Å². The molecule has 3 N–H and O–H groups in total. The van der Waals surface area contributed by atoms with E-state index in [-0.39, 0.29) is 24.3 Å². The van der Waals surface area contributed by atoms with E-state index in [1.165, 1.54) is 0 Å². The van der Waals surface area contributed by atoms with Gasteiger partial charge in [0.1, 0.15) is 0 Å². The van der Waals surface area contributed by atoms with Gasteiger partial charge in [-0.15, -0.1) is 0 Å². The lowest BCUT2D eigenvalue weighted by Gasteiger charge is -2.09. The number of para-hydroxylation sites is 1. The van der Waals surface area contributed by atoms with Gasteiger partial charge >= 0.3 is 5.97 Å². The Morgan fingerprint density at radius 2 is 1.70 bits per heavy atom. The van der Waals surface area contributed by atoms with Crippen LogP contribution in [0, 0.1) is 0 Å². The Bertz CT molecular complexity index is 1150. The molecule has 0 saturated carbocycles. The number of pyridine rings is 1. The van der Waals surface area contributed by atoms with Crippen molar-refractivity contribution in [3.05, 3.63) is 90.5 Å². The second-order valence-corrected chi connectivity index (χ2v) is 6.32. The highest BCUT2D eigenvalue weighted by atomic mass is 16.5. The molecule has 30 heavy (non-hydrogen) atoms. The van der Waals surface area contributed by atoms with Gasteiger partial charge in [-0.3, -0.25) is 4.98 Å². The number of rotatable bonds is 6. The fourth-order valence-corrected chi connectivity index (χ4v) is 2.79. The monoisotopic (exact) mass is 398 g/mol. The molecule has 0 aliphatic rings. The number of ether oxygens (including phenoxy) is 1. The topological polar surface area (TPSA) is 116 Å². The molecule has 0 saturated heterocycles. The summed E-state index contributed by atoms with van der Waals surface area (Å²) in [6, 6.07) is 20.3. The highest BCUT2D eigenvalue weighted by Gasteiger charge is 2.12. The van der Waals surface area contributed by atoms with E-state index in [0.717, 1.165) is 16.8 Å². The van der Waals surface area contributed by atoms with Crippen molar-refractivity contribution < 1.29 is 9.53 Å². The predicted molar refractivity (Wildman–Crippen MR) is 113 cm³/mol. The maximum atomic E-state index is 12.5. The number of aromatic nitrogens is 4. The van der Waals surface area contributed by atoms with Crippen LogP contribution in [0.3, 0.4) is 0 Å². The van der Waals surface area contributed by atoms with Crippen molar-refractivity contribution in [2.75, 3.05) is 11.1 Å². The van der Waals surface area contributed by atoms with Crippen LogP contribution >= 0.6 is 0 Å². The van der Waals surface area contributed by atoms with Gasteiger partial charge < -0.3 is 15.8 Å². The van der Waals surface area contributed by atoms with Crippen LogP contribution in [0.15, 0.2) is 79.1 Å². The normalized spacial score (nSPS) is 10.4. The Hall–Kier alpha value is -4.33. The molecule has 0 atom stereocenters. The number of nitrogens with one attached hydrogen (secondary N) is 1. The number of nitrogen functional groups attached to an aromatic ring is 1. The van der Waals surface area contributed by atoms with Crippen LogP contribution in [-0.2, 0) is 11.3 Å². The molecule has 148 valence electrons. The number of hydrogen-bond acceptors (Lipinski definition) is 8. The third kappa shape index (κ3) is 4.74. The molecule has 4 aromatic rings. The molecule has 2 aromatic carbocycles. The van der Waals surface area contributed by atoms with Crippen molar-refractivity contribution in [2.24, 2.45) is 0 Å². The fraction of sp³-hybridized carbons (Fsp3) is 0.0455. The fourth-order valence-electron chi connectivity index (χ4n) is 2.79. The van der Waals surface area contributed by atoms with Gasteiger partial charge in [-0.1, -0.05) is 30.3 Å². The summed E-state index contributed by atoms with van der Waals surface area (Å²) in [7, 11) is 0. The summed E-state index contributed by atoms with van der Waals surface area (Å²) in [5.74, 6) is 0.0793. The zero-order valence-corrected chi connectivity index (χ0v) is 15.9. The van der Waals surface area contributed by atoms with Crippen molar-refractivity contribution in [3.63, 3.8) is 0 Å². The van der Waals surface area contributed by atoms with Gasteiger partial charge in [0.2, 0.25) is 11.9 Å². The first-order valence-corrected chi connectivity index (χ1v) is 9.17. The predicted octanol–water partition coefficient (Wildman–Crippen LogP) is 3.62. The molecule has 4 rings (SSSR count). The molecule has 0 bridgehead atoms. The van der Waals surface area contributed by atoms with Crippen molar-refractivity contribution in [2.45, 2.75) is 6.61 Å². The van der Waals surface area contributed by atoms with Crippen LogP contribution in [0.1, 0.15) is 16.2 Å². The number of nitrogens with zero attached hydrogens (tertiary/aromatic N) is 4. The van der Waals surface area contributed by atoms with E-state index < -0.39 is 5.97 Å². The number of anilines is 3. The van der Waals surface area contributed by atoms with E-state index in [1.807, 2.05) is 48.5 Å². The quantitative estimate of drug-likeness (QED) is 0.473. The third-order valence-corrected chi connectivity index (χ3v) is 4.17. The lowest BCUT2D eigenvalue weighted by atomic mass is 10.0. The number of nitrogens with two attached hydrogens (primary N) is 1. The van der Waals surface area contributed by atoms with Crippen molar-refractivity contribution in [1.29, 1.82) is 0 Å². The van der Waals surface area contributed by atoms with Crippen molar-refractivity contribution in [3.8, 4) is 11.1 Å². The summed E-state index contributed by atoms with van der Waals surface area (Å²) in [5.41, 5.74) is 8.85. The van der Waals surface area contributed by atoms with Gasteiger partial charge in [-0.25, -0.2) is 4.79 Å². The van der Waals surface area contributed by atoms with E-state index in [0.29, 0.717) is 5.56 Å². The summed E-state index contributed by atoms with van der Waals surface area (Å²) >= 11 is 0. The van der Waals surface area contributed by atoms with Gasteiger partial charge in [0, 0.05) is 18.1 Å². The van der Waals surface area contributed by atoms with E-state index in [9.17, 15) is 4.79 Å². The molecule has 0 fully saturated rings. The number of carbonyl (C=O) groups excluding carboxylic acids is 1. The summed E-state index contributed by atoms with van der Waals surface area (Å²) in [6.07, 6.45) is 3.40.